The van der Waals surface area contributed by atoms with Gasteiger partial charge in [-0.15, -0.1) is 0 Å². The minimum absolute atomic E-state index is 0.0693. The topological polar surface area (TPSA) is 55.3 Å². The maximum absolute atomic E-state index is 13.1. The van der Waals surface area contributed by atoms with Gasteiger partial charge in [-0.05, 0) is 12.1 Å². The highest BCUT2D eigenvalue weighted by molar-refractivity contribution is 6.42. The molecule has 1 aromatic heterocycles. The summed E-state index contributed by atoms with van der Waals surface area (Å²) in [6, 6.07) is 12.8. The number of ketones is 1. The molecule has 2 heterocycles. The lowest BCUT2D eigenvalue weighted by atomic mass is 10.0. The third kappa shape index (κ3) is 2.78. The fourth-order valence-electron chi connectivity index (χ4n) is 3.64. The van der Waals surface area contributed by atoms with E-state index in [1.54, 1.807) is 12.1 Å². The molecule has 7 heteroatoms. The smallest absolute Gasteiger partial charge is 0.226 e. The molecule has 1 fully saturated rings. The summed E-state index contributed by atoms with van der Waals surface area (Å²) in [6.45, 7) is 2.65. The Morgan fingerprint density at radius 2 is 1.61 bits per heavy atom. The molecule has 3 aromatic rings. The van der Waals surface area contributed by atoms with Gasteiger partial charge < -0.3 is 9.64 Å². The normalized spacial score (nSPS) is 15.5. The van der Waals surface area contributed by atoms with E-state index in [9.17, 15) is 4.79 Å². The summed E-state index contributed by atoms with van der Waals surface area (Å²) in [4.78, 5) is 24.8. The van der Waals surface area contributed by atoms with Gasteiger partial charge in [0.2, 0.25) is 5.95 Å². The highest BCUT2D eigenvalue weighted by atomic mass is 35.5. The summed E-state index contributed by atoms with van der Waals surface area (Å²) in [5, 5.41) is 0.876. The quantitative estimate of drug-likeness (QED) is 0.485. The van der Waals surface area contributed by atoms with Gasteiger partial charge in [0, 0.05) is 29.8 Å². The van der Waals surface area contributed by atoms with E-state index in [1.165, 1.54) is 0 Å². The van der Waals surface area contributed by atoms with Crippen molar-refractivity contribution in [3.05, 3.63) is 63.6 Å². The fraction of sp³-hybridized carbons (Fsp3) is 0.190. The Bertz CT molecular complexity index is 1110. The molecule has 28 heavy (non-hydrogen) atoms. The first-order valence-corrected chi connectivity index (χ1v) is 9.73. The van der Waals surface area contributed by atoms with E-state index < -0.39 is 0 Å². The zero-order valence-corrected chi connectivity index (χ0v) is 16.3. The highest BCUT2D eigenvalue weighted by Crippen LogP contribution is 2.41. The lowest BCUT2D eigenvalue weighted by Crippen LogP contribution is -2.37. The molecule has 1 aliphatic carbocycles. The first kappa shape index (κ1) is 17.6. The Balaban J connectivity index is 1.76. The lowest BCUT2D eigenvalue weighted by molar-refractivity contribution is 0.104. The number of anilines is 1. The van der Waals surface area contributed by atoms with Crippen LogP contribution >= 0.6 is 23.2 Å². The molecule has 140 valence electrons. The molecule has 0 radical (unpaired) electrons. The molecular formula is C21H15Cl2N3O2. The Hall–Kier alpha value is -2.47. The van der Waals surface area contributed by atoms with E-state index >= 15 is 0 Å². The van der Waals surface area contributed by atoms with Gasteiger partial charge in [0.05, 0.1) is 40.2 Å². The number of rotatable bonds is 2. The van der Waals surface area contributed by atoms with Crippen LogP contribution in [0.4, 0.5) is 5.95 Å². The molecule has 0 N–H and O–H groups in total. The first-order valence-electron chi connectivity index (χ1n) is 8.98. The first-order chi connectivity index (χ1) is 13.6. The minimum atomic E-state index is -0.0693. The number of fused-ring (bicyclic) bond motifs is 3. The van der Waals surface area contributed by atoms with Crippen molar-refractivity contribution < 1.29 is 9.53 Å². The van der Waals surface area contributed by atoms with Crippen molar-refractivity contribution in [1.82, 2.24) is 9.97 Å². The summed E-state index contributed by atoms with van der Waals surface area (Å²) in [5.41, 5.74) is 3.97. The van der Waals surface area contributed by atoms with Crippen LogP contribution in [-0.2, 0) is 4.74 Å². The molecule has 0 atom stereocenters. The van der Waals surface area contributed by atoms with E-state index in [0.717, 1.165) is 11.1 Å². The Labute approximate surface area is 171 Å². The number of nitrogens with zero attached hydrogens (tertiary/aromatic N) is 3. The number of hydrogen-bond donors (Lipinski definition) is 0. The third-order valence-corrected chi connectivity index (χ3v) is 5.78. The summed E-state index contributed by atoms with van der Waals surface area (Å²) in [6.07, 6.45) is 0. The average molecular weight is 412 g/mol. The molecule has 2 aromatic carbocycles. The Morgan fingerprint density at radius 3 is 2.36 bits per heavy atom. The molecule has 2 aliphatic rings. The number of carbonyl (C=O) groups is 1. The molecule has 1 saturated heterocycles. The lowest BCUT2D eigenvalue weighted by Gasteiger charge is -2.27. The van der Waals surface area contributed by atoms with E-state index in [0.29, 0.717) is 64.8 Å². The number of ether oxygens (including phenoxy) is 1. The summed E-state index contributed by atoms with van der Waals surface area (Å²) >= 11 is 12.3. The number of aromatic nitrogens is 2. The Kier molecular flexibility index (Phi) is 4.31. The standard InChI is InChI=1S/C21H15Cl2N3O2/c22-15-6-5-12(11-16(15)23)18-17-19(13-3-1-2-4-14(13)20(17)27)25-21(24-18)26-7-9-28-10-8-26/h1-6,11H,7-10H2. The van der Waals surface area contributed by atoms with Gasteiger partial charge in [-0.1, -0.05) is 53.5 Å². The van der Waals surface area contributed by atoms with Crippen LogP contribution in [0.5, 0.6) is 0 Å². The second-order valence-corrected chi connectivity index (χ2v) is 7.51. The van der Waals surface area contributed by atoms with Gasteiger partial charge in [0.15, 0.2) is 5.78 Å². The second kappa shape index (κ2) is 6.85. The van der Waals surface area contributed by atoms with E-state index in [4.69, 9.17) is 37.9 Å². The summed E-state index contributed by atoms with van der Waals surface area (Å²) in [7, 11) is 0. The van der Waals surface area contributed by atoms with Crippen molar-refractivity contribution in [1.29, 1.82) is 0 Å². The maximum atomic E-state index is 13.1. The minimum Gasteiger partial charge on any atom is -0.378 e. The fourth-order valence-corrected chi connectivity index (χ4v) is 3.94. The van der Waals surface area contributed by atoms with Gasteiger partial charge in [-0.25, -0.2) is 9.97 Å². The van der Waals surface area contributed by atoms with Crippen LogP contribution in [0.25, 0.3) is 22.5 Å². The predicted octanol–water partition coefficient (Wildman–Crippen LogP) is 4.50. The van der Waals surface area contributed by atoms with Crippen molar-refractivity contribution in [2.45, 2.75) is 0 Å². The van der Waals surface area contributed by atoms with Gasteiger partial charge >= 0.3 is 0 Å². The van der Waals surface area contributed by atoms with Crippen LogP contribution in [0.15, 0.2) is 42.5 Å². The molecule has 0 spiro atoms. The van der Waals surface area contributed by atoms with Gasteiger partial charge in [-0.3, -0.25) is 4.79 Å². The van der Waals surface area contributed by atoms with Crippen molar-refractivity contribution in [2.24, 2.45) is 0 Å². The van der Waals surface area contributed by atoms with Crippen molar-refractivity contribution in [2.75, 3.05) is 31.2 Å². The Morgan fingerprint density at radius 1 is 0.893 bits per heavy atom. The van der Waals surface area contributed by atoms with Gasteiger partial charge in [0.1, 0.15) is 0 Å². The summed E-state index contributed by atoms with van der Waals surface area (Å²) < 4.78 is 5.45. The summed E-state index contributed by atoms with van der Waals surface area (Å²) in [5.74, 6) is 0.521. The van der Waals surface area contributed by atoms with Crippen molar-refractivity contribution in [3.63, 3.8) is 0 Å². The van der Waals surface area contributed by atoms with Crippen LogP contribution in [0, 0.1) is 0 Å². The molecule has 0 unspecified atom stereocenters. The molecule has 1 aliphatic heterocycles. The highest BCUT2D eigenvalue weighted by Gasteiger charge is 2.33. The monoisotopic (exact) mass is 411 g/mol. The van der Waals surface area contributed by atoms with Crippen LogP contribution in [0.1, 0.15) is 15.9 Å². The molecule has 5 rings (SSSR count). The van der Waals surface area contributed by atoms with Gasteiger partial charge in [0.25, 0.3) is 0 Å². The molecule has 0 bridgehead atoms. The van der Waals surface area contributed by atoms with Crippen LogP contribution in [0.3, 0.4) is 0 Å². The zero-order chi connectivity index (χ0) is 19.3. The number of halogens is 2. The van der Waals surface area contributed by atoms with E-state index in [1.807, 2.05) is 30.3 Å². The van der Waals surface area contributed by atoms with Crippen LogP contribution in [-0.4, -0.2) is 42.1 Å². The SMILES string of the molecule is O=C1c2ccccc2-c2nc(N3CCOCC3)nc(-c3ccc(Cl)c(Cl)c3)c21. The number of benzene rings is 2. The van der Waals surface area contributed by atoms with Crippen molar-refractivity contribution in [3.8, 4) is 22.5 Å². The number of hydrogen-bond acceptors (Lipinski definition) is 5. The van der Waals surface area contributed by atoms with E-state index in [2.05, 4.69) is 4.90 Å². The number of carbonyl (C=O) groups excluding carboxylic acids is 1. The predicted molar refractivity (Wildman–Crippen MR) is 109 cm³/mol. The average Bonchev–Trinajstić information content (AvgIpc) is 3.03. The zero-order valence-electron chi connectivity index (χ0n) is 14.8. The van der Waals surface area contributed by atoms with Crippen LogP contribution < -0.4 is 4.90 Å². The third-order valence-electron chi connectivity index (χ3n) is 5.04. The second-order valence-electron chi connectivity index (χ2n) is 6.70. The molecular weight excluding hydrogens is 397 g/mol. The molecule has 5 nitrogen and oxygen atoms in total. The number of morpholine rings is 1. The largest absolute Gasteiger partial charge is 0.378 e. The van der Waals surface area contributed by atoms with Gasteiger partial charge in [-0.2, -0.15) is 0 Å². The van der Waals surface area contributed by atoms with Crippen molar-refractivity contribution >= 4 is 34.9 Å². The maximum Gasteiger partial charge on any atom is 0.226 e. The molecule has 0 amide bonds. The van der Waals surface area contributed by atoms with E-state index in [-0.39, 0.29) is 5.78 Å². The van der Waals surface area contributed by atoms with Crippen LogP contribution in [0.2, 0.25) is 10.0 Å². The molecule has 0 saturated carbocycles.